The summed E-state index contributed by atoms with van der Waals surface area (Å²) in [6, 6.07) is 10.1. The third kappa shape index (κ3) is 2.87. The lowest BCUT2D eigenvalue weighted by Crippen LogP contribution is -2.36. The number of carbonyl (C=O) groups excluding carboxylic acids is 1. The zero-order valence-corrected chi connectivity index (χ0v) is 12.6. The van der Waals surface area contributed by atoms with E-state index in [1.165, 1.54) is 7.11 Å². The molecule has 21 heavy (non-hydrogen) atoms. The molecule has 0 spiro atoms. The molecule has 4 heteroatoms. The Bertz CT molecular complexity index is 549. The van der Waals surface area contributed by atoms with Crippen LogP contribution < -0.4 is 4.74 Å². The van der Waals surface area contributed by atoms with Crippen molar-refractivity contribution in [2.75, 3.05) is 14.2 Å². The molecule has 1 fully saturated rings. The van der Waals surface area contributed by atoms with E-state index in [0.717, 1.165) is 30.6 Å². The molecule has 2 atom stereocenters. The summed E-state index contributed by atoms with van der Waals surface area (Å²) in [6.45, 7) is 0. The maximum Gasteiger partial charge on any atom is 0.309 e. The number of methoxy groups -OCH3 is 2. The van der Waals surface area contributed by atoms with Crippen LogP contribution in [0.1, 0.15) is 37.7 Å². The fourth-order valence-corrected chi connectivity index (χ4v) is 3.56. The zero-order chi connectivity index (χ0) is 15.3. The van der Waals surface area contributed by atoms with Crippen LogP contribution >= 0.6 is 0 Å². The second kappa shape index (κ2) is 6.62. The maximum atomic E-state index is 12.2. The Kier molecular flexibility index (Phi) is 4.85. The van der Waals surface area contributed by atoms with E-state index in [1.54, 1.807) is 7.11 Å². The first-order valence-electron chi connectivity index (χ1n) is 7.27. The van der Waals surface area contributed by atoms with Gasteiger partial charge in [-0.05, 0) is 37.0 Å². The summed E-state index contributed by atoms with van der Waals surface area (Å²) in [6.07, 6.45) is 3.81. The van der Waals surface area contributed by atoms with E-state index in [0.29, 0.717) is 12.8 Å². The van der Waals surface area contributed by atoms with Gasteiger partial charge in [0.2, 0.25) is 0 Å². The molecule has 1 aliphatic carbocycles. The van der Waals surface area contributed by atoms with Crippen molar-refractivity contribution < 1.29 is 14.3 Å². The van der Waals surface area contributed by atoms with E-state index in [2.05, 4.69) is 6.07 Å². The highest BCUT2D eigenvalue weighted by Gasteiger charge is 2.48. The predicted octanol–water partition coefficient (Wildman–Crippen LogP) is 3.21. The van der Waals surface area contributed by atoms with Crippen molar-refractivity contribution in [3.8, 4) is 11.8 Å². The van der Waals surface area contributed by atoms with Crippen LogP contribution in [0.15, 0.2) is 24.3 Å². The third-order valence-electron chi connectivity index (χ3n) is 4.60. The summed E-state index contributed by atoms with van der Waals surface area (Å²) in [7, 11) is 3.06. The quantitative estimate of drug-likeness (QED) is 0.780. The van der Waals surface area contributed by atoms with Gasteiger partial charge in [-0.1, -0.05) is 18.6 Å². The molecular formula is C17H21NO3. The monoisotopic (exact) mass is 287 g/mol. The van der Waals surface area contributed by atoms with Crippen LogP contribution in [-0.4, -0.2) is 20.2 Å². The minimum Gasteiger partial charge on any atom is -0.497 e. The Morgan fingerprint density at radius 1 is 1.48 bits per heavy atom. The van der Waals surface area contributed by atoms with Crippen molar-refractivity contribution in [1.82, 2.24) is 0 Å². The lowest BCUT2D eigenvalue weighted by Gasteiger charge is -2.34. The van der Waals surface area contributed by atoms with Crippen LogP contribution in [0.4, 0.5) is 0 Å². The Balaban J connectivity index is 2.45. The first kappa shape index (κ1) is 15.4. The summed E-state index contributed by atoms with van der Waals surface area (Å²) >= 11 is 0. The molecule has 2 rings (SSSR count). The van der Waals surface area contributed by atoms with Crippen LogP contribution in [-0.2, 0) is 14.9 Å². The highest BCUT2D eigenvalue weighted by molar-refractivity contribution is 5.75. The normalized spacial score (nSPS) is 24.3. The molecule has 0 N–H and O–H groups in total. The first-order valence-corrected chi connectivity index (χ1v) is 7.27. The van der Waals surface area contributed by atoms with Crippen molar-refractivity contribution >= 4 is 5.97 Å². The number of ether oxygens (including phenoxy) is 2. The van der Waals surface area contributed by atoms with Gasteiger partial charge in [0.05, 0.1) is 26.2 Å². The van der Waals surface area contributed by atoms with Crippen molar-refractivity contribution in [3.63, 3.8) is 0 Å². The maximum absolute atomic E-state index is 12.2. The number of hydrogen-bond acceptors (Lipinski definition) is 4. The molecule has 0 bridgehead atoms. The summed E-state index contributed by atoms with van der Waals surface area (Å²) in [5.41, 5.74) is 0.766. The summed E-state index contributed by atoms with van der Waals surface area (Å²) in [5.74, 6) is 0.426. The van der Waals surface area contributed by atoms with Gasteiger partial charge in [-0.15, -0.1) is 0 Å². The highest BCUT2D eigenvalue weighted by atomic mass is 16.5. The van der Waals surface area contributed by atoms with Crippen LogP contribution in [0.25, 0.3) is 0 Å². The number of benzene rings is 1. The molecular weight excluding hydrogens is 266 g/mol. The molecule has 0 radical (unpaired) electrons. The van der Waals surface area contributed by atoms with Crippen molar-refractivity contribution in [2.45, 2.75) is 37.5 Å². The van der Waals surface area contributed by atoms with Crippen LogP contribution in [0.3, 0.4) is 0 Å². The Morgan fingerprint density at radius 2 is 2.29 bits per heavy atom. The standard InChI is InChI=1S/C17H21NO3/c1-20-14-7-3-6-13(12-14)17(10-5-11-18)9-4-8-15(17)16(19)21-2/h3,6-7,12,15H,4-5,8-10H2,1-2H3. The van der Waals surface area contributed by atoms with E-state index >= 15 is 0 Å². The van der Waals surface area contributed by atoms with E-state index in [-0.39, 0.29) is 17.3 Å². The van der Waals surface area contributed by atoms with Gasteiger partial charge in [0, 0.05) is 11.8 Å². The average molecular weight is 287 g/mol. The van der Waals surface area contributed by atoms with Crippen LogP contribution in [0.2, 0.25) is 0 Å². The van der Waals surface area contributed by atoms with Crippen molar-refractivity contribution in [1.29, 1.82) is 5.26 Å². The fraction of sp³-hybridized carbons (Fsp3) is 0.529. The number of esters is 1. The summed E-state index contributed by atoms with van der Waals surface area (Å²) in [4.78, 5) is 12.2. The molecule has 112 valence electrons. The first-order chi connectivity index (χ1) is 10.2. The Morgan fingerprint density at radius 3 is 2.95 bits per heavy atom. The molecule has 2 unspecified atom stereocenters. The van der Waals surface area contributed by atoms with Gasteiger partial charge in [0.15, 0.2) is 0 Å². The Labute approximate surface area is 125 Å². The largest absolute Gasteiger partial charge is 0.497 e. The number of rotatable bonds is 5. The second-order valence-corrected chi connectivity index (χ2v) is 5.51. The molecule has 0 heterocycles. The van der Waals surface area contributed by atoms with Gasteiger partial charge >= 0.3 is 5.97 Å². The van der Waals surface area contributed by atoms with Crippen LogP contribution in [0, 0.1) is 17.2 Å². The Hall–Kier alpha value is -2.02. The number of carbonyl (C=O) groups is 1. The molecule has 0 amide bonds. The van der Waals surface area contributed by atoms with Crippen molar-refractivity contribution in [2.24, 2.45) is 5.92 Å². The van der Waals surface area contributed by atoms with Gasteiger partial charge in [0.25, 0.3) is 0 Å². The minimum absolute atomic E-state index is 0.173. The van der Waals surface area contributed by atoms with Gasteiger partial charge in [0.1, 0.15) is 5.75 Å². The third-order valence-corrected chi connectivity index (χ3v) is 4.60. The van der Waals surface area contributed by atoms with Crippen molar-refractivity contribution in [3.05, 3.63) is 29.8 Å². The van der Waals surface area contributed by atoms with Gasteiger partial charge in [-0.2, -0.15) is 5.26 Å². The van der Waals surface area contributed by atoms with E-state index in [4.69, 9.17) is 14.7 Å². The van der Waals surface area contributed by atoms with Gasteiger partial charge in [-0.3, -0.25) is 4.79 Å². The predicted molar refractivity (Wildman–Crippen MR) is 78.9 cm³/mol. The molecule has 1 aromatic carbocycles. The topological polar surface area (TPSA) is 59.3 Å². The summed E-state index contributed by atoms with van der Waals surface area (Å²) in [5, 5.41) is 8.98. The van der Waals surface area contributed by atoms with Gasteiger partial charge in [-0.25, -0.2) is 0 Å². The van der Waals surface area contributed by atoms with E-state index in [1.807, 2.05) is 24.3 Å². The number of hydrogen-bond donors (Lipinski definition) is 0. The van der Waals surface area contributed by atoms with Gasteiger partial charge < -0.3 is 9.47 Å². The highest BCUT2D eigenvalue weighted by Crippen LogP contribution is 2.49. The smallest absolute Gasteiger partial charge is 0.309 e. The molecule has 1 aliphatic rings. The molecule has 0 saturated heterocycles. The minimum atomic E-state index is -0.308. The summed E-state index contributed by atoms with van der Waals surface area (Å²) < 4.78 is 10.3. The van der Waals surface area contributed by atoms with E-state index in [9.17, 15) is 4.79 Å². The zero-order valence-electron chi connectivity index (χ0n) is 12.6. The fourth-order valence-electron chi connectivity index (χ4n) is 3.56. The molecule has 1 aromatic rings. The molecule has 0 aliphatic heterocycles. The SMILES string of the molecule is COC(=O)C1CCCC1(CCC#N)c1cccc(OC)c1. The second-order valence-electron chi connectivity index (χ2n) is 5.51. The number of nitrogens with zero attached hydrogens (tertiary/aromatic N) is 1. The lowest BCUT2D eigenvalue weighted by molar-refractivity contribution is -0.147. The van der Waals surface area contributed by atoms with E-state index < -0.39 is 0 Å². The molecule has 0 aromatic heterocycles. The molecule has 4 nitrogen and oxygen atoms in total. The number of nitriles is 1. The average Bonchev–Trinajstić information content (AvgIpc) is 2.97. The molecule has 1 saturated carbocycles. The van der Waals surface area contributed by atoms with Crippen LogP contribution in [0.5, 0.6) is 5.75 Å². The lowest BCUT2D eigenvalue weighted by atomic mass is 9.69.